The first-order valence-electron chi connectivity index (χ1n) is 8.42. The van der Waals surface area contributed by atoms with Crippen LogP contribution < -0.4 is 0 Å². The number of pyridine rings is 1. The van der Waals surface area contributed by atoms with Crippen LogP contribution in [-0.2, 0) is 6.42 Å². The first kappa shape index (κ1) is 15.2. The van der Waals surface area contributed by atoms with Gasteiger partial charge in [0.1, 0.15) is 5.82 Å². The maximum Gasteiger partial charge on any atom is 0.132 e. The third-order valence-corrected chi connectivity index (χ3v) is 4.99. The van der Waals surface area contributed by atoms with Crippen molar-refractivity contribution in [1.29, 1.82) is 0 Å². The molecule has 1 saturated carbocycles. The van der Waals surface area contributed by atoms with Gasteiger partial charge in [0, 0.05) is 11.8 Å². The van der Waals surface area contributed by atoms with Gasteiger partial charge < -0.3 is 0 Å². The molecule has 0 atom stereocenters. The van der Waals surface area contributed by atoms with Crippen LogP contribution in [0.1, 0.15) is 56.6 Å². The number of hydrogen-bond acceptors (Lipinski definition) is 1. The van der Waals surface area contributed by atoms with Crippen molar-refractivity contribution in [2.75, 3.05) is 0 Å². The predicted molar refractivity (Wildman–Crippen MR) is 89.4 cm³/mol. The summed E-state index contributed by atoms with van der Waals surface area (Å²) in [5.74, 6) is 1.31. The summed E-state index contributed by atoms with van der Waals surface area (Å²) in [6.45, 7) is 4.37. The highest BCUT2D eigenvalue weighted by molar-refractivity contribution is 5.60. The van der Waals surface area contributed by atoms with Crippen molar-refractivity contribution in [2.45, 2.75) is 51.9 Å². The molecule has 0 saturated heterocycles. The molecule has 0 spiro atoms. The smallest absolute Gasteiger partial charge is 0.132 e. The molecule has 0 unspecified atom stereocenters. The molecule has 2 aromatic rings. The zero-order valence-electron chi connectivity index (χ0n) is 13.5. The fourth-order valence-electron chi connectivity index (χ4n) is 3.39. The molecule has 1 aliphatic carbocycles. The number of halogens is 1. The Kier molecular flexibility index (Phi) is 4.56. The zero-order valence-corrected chi connectivity index (χ0v) is 13.5. The molecule has 3 rings (SSSR count). The van der Waals surface area contributed by atoms with E-state index in [2.05, 4.69) is 18.0 Å². The summed E-state index contributed by atoms with van der Waals surface area (Å²) in [5.41, 5.74) is 3.66. The Morgan fingerprint density at radius 1 is 1.09 bits per heavy atom. The lowest BCUT2D eigenvalue weighted by atomic mass is 9.80. The van der Waals surface area contributed by atoms with E-state index in [-0.39, 0.29) is 5.82 Å². The molecule has 0 radical (unpaired) electrons. The summed E-state index contributed by atoms with van der Waals surface area (Å²) in [6.07, 6.45) is 7.91. The van der Waals surface area contributed by atoms with Crippen molar-refractivity contribution in [3.8, 4) is 11.3 Å². The summed E-state index contributed by atoms with van der Waals surface area (Å²) in [4.78, 5) is 4.52. The highest BCUT2D eigenvalue weighted by Crippen LogP contribution is 2.35. The van der Waals surface area contributed by atoms with E-state index in [0.717, 1.165) is 23.6 Å². The van der Waals surface area contributed by atoms with Crippen LogP contribution in [0.15, 0.2) is 36.5 Å². The van der Waals surface area contributed by atoms with E-state index in [0.29, 0.717) is 11.5 Å². The first-order chi connectivity index (χ1) is 10.7. The number of aryl methyl sites for hydroxylation is 1. The largest absolute Gasteiger partial charge is 0.256 e. The van der Waals surface area contributed by atoms with Crippen LogP contribution >= 0.6 is 0 Å². The van der Waals surface area contributed by atoms with E-state index in [1.807, 2.05) is 31.3 Å². The van der Waals surface area contributed by atoms with Gasteiger partial charge in [-0.05, 0) is 60.4 Å². The maximum absolute atomic E-state index is 14.2. The van der Waals surface area contributed by atoms with Gasteiger partial charge >= 0.3 is 0 Å². The van der Waals surface area contributed by atoms with Gasteiger partial charge in [-0.25, -0.2) is 4.39 Å². The molecule has 0 aliphatic heterocycles. The lowest BCUT2D eigenvalue weighted by Gasteiger charge is -2.26. The lowest BCUT2D eigenvalue weighted by molar-refractivity contribution is 0.347. The summed E-state index contributed by atoms with van der Waals surface area (Å²) in [6, 6.07) is 9.55. The Morgan fingerprint density at radius 3 is 2.45 bits per heavy atom. The summed E-state index contributed by atoms with van der Waals surface area (Å²) < 4.78 is 14.2. The topological polar surface area (TPSA) is 12.9 Å². The van der Waals surface area contributed by atoms with Crippen molar-refractivity contribution in [3.05, 3.63) is 53.5 Å². The van der Waals surface area contributed by atoms with E-state index in [4.69, 9.17) is 0 Å². The van der Waals surface area contributed by atoms with Crippen LogP contribution in [0.2, 0.25) is 0 Å². The lowest BCUT2D eigenvalue weighted by Crippen LogP contribution is -2.11. The third-order valence-electron chi connectivity index (χ3n) is 4.99. The fraction of sp³-hybridized carbons (Fsp3) is 0.450. The number of rotatable bonds is 3. The molecule has 22 heavy (non-hydrogen) atoms. The number of aromatic nitrogens is 1. The van der Waals surface area contributed by atoms with Crippen LogP contribution in [-0.4, -0.2) is 4.98 Å². The molecule has 116 valence electrons. The molecule has 0 bridgehead atoms. The molecule has 1 nitrogen and oxygen atoms in total. The standard InChI is InChI=1S/C20H24FN/c1-3-15-6-10-18(19(21)12-15)20-11-9-17(13-22-20)16-7-4-14(2)5-8-16/h6,9-14,16H,3-5,7-8H2,1-2H3/t14-,16-. The van der Waals surface area contributed by atoms with Crippen molar-refractivity contribution < 1.29 is 4.39 Å². The minimum absolute atomic E-state index is 0.175. The highest BCUT2D eigenvalue weighted by Gasteiger charge is 2.20. The zero-order chi connectivity index (χ0) is 15.5. The average molecular weight is 297 g/mol. The molecule has 0 N–H and O–H groups in total. The molecule has 1 aromatic heterocycles. The molecule has 1 aromatic carbocycles. The Bertz CT molecular complexity index is 625. The van der Waals surface area contributed by atoms with Gasteiger partial charge in [0.05, 0.1) is 5.69 Å². The third kappa shape index (κ3) is 3.21. The summed E-state index contributed by atoms with van der Waals surface area (Å²) >= 11 is 0. The van der Waals surface area contributed by atoms with E-state index >= 15 is 0 Å². The average Bonchev–Trinajstić information content (AvgIpc) is 2.56. The van der Waals surface area contributed by atoms with Crippen LogP contribution in [0.25, 0.3) is 11.3 Å². The fourth-order valence-corrected chi connectivity index (χ4v) is 3.39. The van der Waals surface area contributed by atoms with Gasteiger partial charge in [0.2, 0.25) is 0 Å². The highest BCUT2D eigenvalue weighted by atomic mass is 19.1. The monoisotopic (exact) mass is 297 g/mol. The second kappa shape index (κ2) is 6.60. The number of benzene rings is 1. The molecule has 0 amide bonds. The van der Waals surface area contributed by atoms with Crippen molar-refractivity contribution in [1.82, 2.24) is 4.98 Å². The van der Waals surface area contributed by atoms with Gasteiger partial charge in [-0.15, -0.1) is 0 Å². The van der Waals surface area contributed by atoms with E-state index in [9.17, 15) is 4.39 Å². The van der Waals surface area contributed by atoms with E-state index < -0.39 is 0 Å². The molecule has 1 heterocycles. The van der Waals surface area contributed by atoms with Gasteiger partial charge in [-0.1, -0.05) is 38.8 Å². The number of hydrogen-bond donors (Lipinski definition) is 0. The van der Waals surface area contributed by atoms with E-state index in [1.165, 1.54) is 31.2 Å². The summed E-state index contributed by atoms with van der Waals surface area (Å²) in [7, 11) is 0. The van der Waals surface area contributed by atoms with E-state index in [1.54, 1.807) is 6.07 Å². The molecule has 1 fully saturated rings. The van der Waals surface area contributed by atoms with Crippen molar-refractivity contribution in [2.24, 2.45) is 5.92 Å². The normalized spacial score (nSPS) is 21.8. The Balaban J connectivity index is 1.79. The Labute approximate surface area is 132 Å². The van der Waals surface area contributed by atoms with Gasteiger partial charge in [0.25, 0.3) is 0 Å². The second-order valence-electron chi connectivity index (χ2n) is 6.60. The van der Waals surface area contributed by atoms with Crippen molar-refractivity contribution in [3.63, 3.8) is 0 Å². The second-order valence-corrected chi connectivity index (χ2v) is 6.60. The van der Waals surface area contributed by atoms with Gasteiger partial charge in [-0.2, -0.15) is 0 Å². The van der Waals surface area contributed by atoms with Gasteiger partial charge in [0.15, 0.2) is 0 Å². The number of nitrogens with zero attached hydrogens (tertiary/aromatic N) is 1. The Hall–Kier alpha value is -1.70. The molecular formula is C20H24FN. The first-order valence-corrected chi connectivity index (χ1v) is 8.42. The van der Waals surface area contributed by atoms with Gasteiger partial charge in [-0.3, -0.25) is 4.98 Å². The van der Waals surface area contributed by atoms with Crippen LogP contribution in [0.3, 0.4) is 0 Å². The maximum atomic E-state index is 14.2. The van der Waals surface area contributed by atoms with Crippen molar-refractivity contribution >= 4 is 0 Å². The minimum atomic E-state index is -0.175. The molecular weight excluding hydrogens is 273 g/mol. The minimum Gasteiger partial charge on any atom is -0.256 e. The Morgan fingerprint density at radius 2 is 1.86 bits per heavy atom. The SMILES string of the molecule is CCc1ccc(-c2ccc([C@H]3CC[C@H](C)CC3)cn2)c(F)c1. The van der Waals surface area contributed by atoms with Crippen LogP contribution in [0.5, 0.6) is 0 Å². The predicted octanol–water partition coefficient (Wildman–Crippen LogP) is 5.74. The molecule has 2 heteroatoms. The van der Waals surface area contributed by atoms with Crippen LogP contribution in [0.4, 0.5) is 4.39 Å². The molecule has 1 aliphatic rings. The van der Waals surface area contributed by atoms with Crippen LogP contribution in [0, 0.1) is 11.7 Å². The quantitative estimate of drug-likeness (QED) is 0.703. The summed E-state index contributed by atoms with van der Waals surface area (Å²) in [5, 5.41) is 0.